The number of imidazole rings is 1. The average Bonchev–Trinajstić information content (AvgIpc) is 3.56. The zero-order valence-electron chi connectivity index (χ0n) is 20.0. The molecule has 1 saturated heterocycles. The summed E-state index contributed by atoms with van der Waals surface area (Å²) in [5, 5.41) is 11.5. The number of likely N-dealkylation sites (N-methyl/N-ethyl adjacent to an activating group) is 1. The Hall–Kier alpha value is -3.01. The number of amides is 1. The van der Waals surface area contributed by atoms with Crippen LogP contribution in [0.3, 0.4) is 0 Å². The molecule has 1 aromatic heterocycles. The predicted octanol–water partition coefficient (Wildman–Crippen LogP) is 2.82. The first kappa shape index (κ1) is 22.2. The van der Waals surface area contributed by atoms with E-state index in [4.69, 9.17) is 0 Å². The standard InChI is InChI=1S/C27H28N4O4S/c1-29-22-7-6-18(12-17(22)13-24(29)32)36(34,35)30-10-8-27(9-11-30)14-21(26(27)33)25-20-5-3-2-4-19(20)23-15-28-16-31(23)25/h2-7,12,15-16,21,25-26,33H,8-11,13-14H2,1H3/t21-,25+,26+/m0/s1. The minimum atomic E-state index is -3.66. The highest BCUT2D eigenvalue weighted by atomic mass is 32.2. The maximum Gasteiger partial charge on any atom is 0.243 e. The molecule has 0 unspecified atom stereocenters. The third kappa shape index (κ3) is 2.90. The quantitative estimate of drug-likeness (QED) is 0.592. The van der Waals surface area contributed by atoms with Crippen molar-refractivity contribution in [1.82, 2.24) is 13.9 Å². The number of sulfonamides is 1. The van der Waals surface area contributed by atoms with Crippen LogP contribution >= 0.6 is 0 Å². The van der Waals surface area contributed by atoms with Crippen LogP contribution in [0.2, 0.25) is 0 Å². The molecule has 1 saturated carbocycles. The van der Waals surface area contributed by atoms with Crippen LogP contribution < -0.4 is 4.90 Å². The number of anilines is 1. The molecule has 2 aromatic carbocycles. The molecule has 7 rings (SSSR count). The molecular weight excluding hydrogens is 476 g/mol. The number of aliphatic hydroxyl groups excluding tert-OH is 1. The highest BCUT2D eigenvalue weighted by Gasteiger charge is 2.58. The lowest BCUT2D eigenvalue weighted by atomic mass is 9.53. The van der Waals surface area contributed by atoms with Gasteiger partial charge in [0.1, 0.15) is 0 Å². The summed E-state index contributed by atoms with van der Waals surface area (Å²) in [7, 11) is -1.95. The van der Waals surface area contributed by atoms with E-state index in [2.05, 4.69) is 21.7 Å². The van der Waals surface area contributed by atoms with Gasteiger partial charge in [-0.05, 0) is 54.0 Å². The van der Waals surface area contributed by atoms with Crippen molar-refractivity contribution < 1.29 is 18.3 Å². The average molecular weight is 505 g/mol. The van der Waals surface area contributed by atoms with Gasteiger partial charge in [-0.2, -0.15) is 4.31 Å². The Morgan fingerprint density at radius 2 is 1.89 bits per heavy atom. The summed E-state index contributed by atoms with van der Waals surface area (Å²) in [6.45, 7) is 0.777. The molecule has 4 heterocycles. The number of carbonyl (C=O) groups excluding carboxylic acids is 1. The van der Waals surface area contributed by atoms with Crippen molar-refractivity contribution in [2.24, 2.45) is 11.3 Å². The number of benzene rings is 2. The lowest BCUT2D eigenvalue weighted by Gasteiger charge is -2.57. The number of carbonyl (C=O) groups is 1. The Labute approximate surface area is 210 Å². The molecule has 2 fully saturated rings. The number of nitrogens with zero attached hydrogens (tertiary/aromatic N) is 4. The summed E-state index contributed by atoms with van der Waals surface area (Å²) in [6, 6.07) is 13.4. The van der Waals surface area contributed by atoms with Crippen LogP contribution in [0.5, 0.6) is 0 Å². The van der Waals surface area contributed by atoms with Gasteiger partial charge >= 0.3 is 0 Å². The van der Waals surface area contributed by atoms with E-state index < -0.39 is 16.1 Å². The molecule has 3 aromatic rings. The first-order valence-electron chi connectivity index (χ1n) is 12.5. The highest BCUT2D eigenvalue weighted by molar-refractivity contribution is 7.89. The van der Waals surface area contributed by atoms with Gasteiger partial charge in [-0.15, -0.1) is 0 Å². The third-order valence-electron chi connectivity index (χ3n) is 9.09. The number of aromatic nitrogens is 2. The summed E-state index contributed by atoms with van der Waals surface area (Å²) >= 11 is 0. The minimum absolute atomic E-state index is 0.0271. The number of fused-ring (bicyclic) bond motifs is 4. The van der Waals surface area contributed by atoms with E-state index in [0.717, 1.165) is 23.4 Å². The number of rotatable bonds is 3. The molecule has 0 radical (unpaired) electrons. The number of aliphatic hydroxyl groups is 1. The fourth-order valence-corrected chi connectivity index (χ4v) is 8.51. The second-order valence-corrected chi connectivity index (χ2v) is 12.7. The third-order valence-corrected chi connectivity index (χ3v) is 11.0. The molecule has 0 bridgehead atoms. The zero-order valence-corrected chi connectivity index (χ0v) is 20.9. The predicted molar refractivity (Wildman–Crippen MR) is 134 cm³/mol. The molecule has 186 valence electrons. The van der Waals surface area contributed by atoms with Crippen LogP contribution in [0.4, 0.5) is 5.69 Å². The van der Waals surface area contributed by atoms with Gasteiger partial charge in [0.2, 0.25) is 15.9 Å². The molecule has 36 heavy (non-hydrogen) atoms. The van der Waals surface area contributed by atoms with Crippen molar-refractivity contribution in [2.45, 2.75) is 42.7 Å². The zero-order chi connectivity index (χ0) is 24.8. The molecule has 3 aliphatic heterocycles. The maximum absolute atomic E-state index is 13.4. The van der Waals surface area contributed by atoms with Gasteiger partial charge in [0, 0.05) is 37.3 Å². The van der Waals surface area contributed by atoms with E-state index in [1.807, 2.05) is 24.7 Å². The van der Waals surface area contributed by atoms with E-state index in [-0.39, 0.29) is 34.6 Å². The molecule has 1 aliphatic carbocycles. The molecule has 1 N–H and O–H groups in total. The fourth-order valence-electron chi connectivity index (χ4n) is 7.02. The summed E-state index contributed by atoms with van der Waals surface area (Å²) in [5.74, 6) is 0.0525. The molecule has 1 spiro atoms. The van der Waals surface area contributed by atoms with Gasteiger partial charge in [0.15, 0.2) is 0 Å². The van der Waals surface area contributed by atoms with Crippen molar-refractivity contribution >= 4 is 21.6 Å². The van der Waals surface area contributed by atoms with E-state index in [1.54, 1.807) is 34.5 Å². The van der Waals surface area contributed by atoms with Crippen LogP contribution in [-0.4, -0.2) is 59.5 Å². The first-order chi connectivity index (χ1) is 17.3. The Morgan fingerprint density at radius 3 is 2.67 bits per heavy atom. The SMILES string of the molecule is CN1C(=O)Cc2cc(S(=O)(=O)N3CCC4(CC3)C[C@@H]([C@H]3c5ccccc5-c5cncn53)[C@H]4O)ccc21. The van der Waals surface area contributed by atoms with Crippen LogP contribution in [0.25, 0.3) is 11.3 Å². The van der Waals surface area contributed by atoms with Crippen LogP contribution in [0.1, 0.15) is 36.4 Å². The number of piperidine rings is 1. The van der Waals surface area contributed by atoms with Gasteiger partial charge in [-0.3, -0.25) is 4.79 Å². The number of hydrogen-bond donors (Lipinski definition) is 1. The highest BCUT2D eigenvalue weighted by Crippen LogP contribution is 2.59. The Bertz CT molecular complexity index is 1510. The topological polar surface area (TPSA) is 95.7 Å². The van der Waals surface area contributed by atoms with Gasteiger partial charge in [-0.1, -0.05) is 24.3 Å². The smallest absolute Gasteiger partial charge is 0.243 e. The second-order valence-electron chi connectivity index (χ2n) is 10.7. The van der Waals surface area contributed by atoms with Crippen LogP contribution in [0, 0.1) is 11.3 Å². The van der Waals surface area contributed by atoms with Crippen molar-refractivity contribution in [2.75, 3.05) is 25.0 Å². The summed E-state index contributed by atoms with van der Waals surface area (Å²) in [6.07, 6.45) is 5.63. The van der Waals surface area contributed by atoms with Crippen molar-refractivity contribution in [3.63, 3.8) is 0 Å². The largest absolute Gasteiger partial charge is 0.392 e. The lowest BCUT2D eigenvalue weighted by molar-refractivity contribution is -0.152. The van der Waals surface area contributed by atoms with Crippen molar-refractivity contribution in [1.29, 1.82) is 0 Å². The van der Waals surface area contributed by atoms with Gasteiger partial charge in [0.25, 0.3) is 0 Å². The summed E-state index contributed by atoms with van der Waals surface area (Å²) < 4.78 is 30.6. The molecule has 4 aliphatic rings. The van der Waals surface area contributed by atoms with Crippen molar-refractivity contribution in [3.8, 4) is 11.3 Å². The molecule has 1 amide bonds. The fraction of sp³-hybridized carbons (Fsp3) is 0.407. The Kier molecular flexibility index (Phi) is 4.63. The van der Waals surface area contributed by atoms with E-state index in [1.165, 1.54) is 11.1 Å². The molecular formula is C27H28N4O4S. The summed E-state index contributed by atoms with van der Waals surface area (Å²) in [4.78, 5) is 18.2. The monoisotopic (exact) mass is 504 g/mol. The van der Waals surface area contributed by atoms with E-state index in [0.29, 0.717) is 25.9 Å². The van der Waals surface area contributed by atoms with E-state index in [9.17, 15) is 18.3 Å². The minimum Gasteiger partial charge on any atom is -0.392 e. The van der Waals surface area contributed by atoms with Gasteiger partial charge in [-0.25, -0.2) is 13.4 Å². The normalized spacial score (nSPS) is 26.6. The first-order valence-corrected chi connectivity index (χ1v) is 13.9. The lowest BCUT2D eigenvalue weighted by Crippen LogP contribution is -2.59. The maximum atomic E-state index is 13.4. The molecule has 3 atom stereocenters. The van der Waals surface area contributed by atoms with Crippen LogP contribution in [0.15, 0.2) is 59.9 Å². The van der Waals surface area contributed by atoms with E-state index >= 15 is 0 Å². The van der Waals surface area contributed by atoms with Crippen molar-refractivity contribution in [3.05, 3.63) is 66.1 Å². The second kappa shape index (κ2) is 7.50. The van der Waals surface area contributed by atoms with Crippen LogP contribution in [-0.2, 0) is 21.2 Å². The Morgan fingerprint density at radius 1 is 1.11 bits per heavy atom. The number of hydrogen-bond acceptors (Lipinski definition) is 5. The summed E-state index contributed by atoms with van der Waals surface area (Å²) in [5.41, 5.74) is 4.78. The Balaban J connectivity index is 1.08. The van der Waals surface area contributed by atoms with Gasteiger partial charge in [0.05, 0.1) is 41.7 Å². The molecule has 9 heteroatoms. The molecule has 8 nitrogen and oxygen atoms in total. The van der Waals surface area contributed by atoms with Gasteiger partial charge < -0.3 is 14.6 Å².